The molecular weight excluding hydrogens is 153 g/mol. The first-order chi connectivity index (χ1) is 5.33. The van der Waals surface area contributed by atoms with Gasteiger partial charge in [0.05, 0.1) is 12.5 Å². The average molecular weight is 161 g/mol. The van der Waals surface area contributed by atoms with E-state index >= 15 is 0 Å². The number of hydrogen-bond donors (Lipinski definition) is 1. The maximum Gasteiger partial charge on any atom is 0.166 e. The lowest BCUT2D eigenvalue weighted by atomic mass is 10.0. The molecule has 0 spiro atoms. The van der Waals surface area contributed by atoms with Crippen molar-refractivity contribution in [2.24, 2.45) is 11.1 Å². The van der Waals surface area contributed by atoms with Crippen LogP contribution in [0.5, 0.6) is 0 Å². The Balaban J connectivity index is 2.15. The van der Waals surface area contributed by atoms with Gasteiger partial charge >= 0.3 is 0 Å². The fourth-order valence-electron chi connectivity index (χ4n) is 1.37. The van der Waals surface area contributed by atoms with Gasteiger partial charge in [-0.2, -0.15) is 0 Å². The van der Waals surface area contributed by atoms with Gasteiger partial charge in [0, 0.05) is 0 Å². The highest BCUT2D eigenvalue weighted by Gasteiger charge is 2.45. The highest BCUT2D eigenvalue weighted by Crippen LogP contribution is 2.29. The minimum absolute atomic E-state index is 0.250. The van der Waals surface area contributed by atoms with Crippen molar-refractivity contribution >= 4 is 5.71 Å². The van der Waals surface area contributed by atoms with Crippen LogP contribution in [-0.4, -0.2) is 36.5 Å². The summed E-state index contributed by atoms with van der Waals surface area (Å²) < 4.78 is 17.0. The topological polar surface area (TPSA) is 51.0 Å². The van der Waals surface area contributed by atoms with Crippen LogP contribution in [0, 0.1) is 5.92 Å². The van der Waals surface area contributed by atoms with E-state index in [0.717, 1.165) is 0 Å². The number of fused-ring (bicyclic) bond motifs is 1. The number of aliphatic hydroxyl groups is 1. The van der Waals surface area contributed by atoms with Crippen LogP contribution in [0.2, 0.25) is 0 Å². The Morgan fingerprint density at radius 3 is 3.27 bits per heavy atom. The van der Waals surface area contributed by atoms with Crippen LogP contribution in [0.1, 0.15) is 0 Å². The Labute approximate surface area is 62.6 Å². The van der Waals surface area contributed by atoms with Crippen LogP contribution in [0.3, 0.4) is 0 Å². The predicted octanol–water partition coefficient (Wildman–Crippen LogP) is -0.325. The second kappa shape index (κ2) is 2.42. The van der Waals surface area contributed by atoms with Gasteiger partial charge in [-0.25, -0.2) is 4.39 Å². The molecule has 2 heterocycles. The van der Waals surface area contributed by atoms with Crippen molar-refractivity contribution in [2.45, 2.75) is 12.4 Å². The number of aliphatic hydroxyl groups excluding tert-OH is 1. The molecule has 2 aliphatic rings. The Morgan fingerprint density at radius 1 is 1.73 bits per heavy atom. The number of alkyl halides is 1. The van der Waals surface area contributed by atoms with Crippen LogP contribution in [-0.2, 0) is 9.57 Å². The van der Waals surface area contributed by atoms with Gasteiger partial charge < -0.3 is 14.7 Å². The van der Waals surface area contributed by atoms with Gasteiger partial charge in [-0.15, -0.1) is 0 Å². The summed E-state index contributed by atoms with van der Waals surface area (Å²) in [6.07, 6.45) is -1.23. The molecule has 0 bridgehead atoms. The van der Waals surface area contributed by atoms with E-state index in [2.05, 4.69) is 5.16 Å². The van der Waals surface area contributed by atoms with E-state index in [4.69, 9.17) is 14.7 Å². The smallest absolute Gasteiger partial charge is 0.166 e. The van der Waals surface area contributed by atoms with E-state index in [-0.39, 0.29) is 17.7 Å². The number of oxime groups is 1. The van der Waals surface area contributed by atoms with E-state index < -0.39 is 13.0 Å². The van der Waals surface area contributed by atoms with Crippen LogP contribution in [0.15, 0.2) is 5.16 Å². The molecule has 3 atom stereocenters. The first kappa shape index (κ1) is 7.00. The van der Waals surface area contributed by atoms with Gasteiger partial charge in [-0.1, -0.05) is 5.16 Å². The molecule has 0 aromatic heterocycles. The zero-order chi connectivity index (χ0) is 7.84. The standard InChI is InChI=1S/C6H8FNO3/c7-1-3-5-4(11-8-3)2-10-6(5)9/h4-6,9H,1-2H2/t4-,5-,6?/m1/s1. The third kappa shape index (κ3) is 0.918. The Hall–Kier alpha value is -0.680. The van der Waals surface area contributed by atoms with Crippen molar-refractivity contribution in [1.29, 1.82) is 0 Å². The van der Waals surface area contributed by atoms with Crippen LogP contribution in [0.4, 0.5) is 4.39 Å². The maximum atomic E-state index is 12.1. The van der Waals surface area contributed by atoms with Crippen molar-refractivity contribution in [2.75, 3.05) is 13.3 Å². The van der Waals surface area contributed by atoms with E-state index in [0.29, 0.717) is 6.61 Å². The average Bonchev–Trinajstić information content (AvgIpc) is 2.54. The van der Waals surface area contributed by atoms with Crippen LogP contribution < -0.4 is 0 Å². The summed E-state index contributed by atoms with van der Waals surface area (Å²) in [5, 5.41) is 12.6. The van der Waals surface area contributed by atoms with Crippen molar-refractivity contribution < 1.29 is 19.1 Å². The number of halogens is 1. The number of ether oxygens (including phenoxy) is 1. The van der Waals surface area contributed by atoms with E-state index in [1.807, 2.05) is 0 Å². The van der Waals surface area contributed by atoms with Gasteiger partial charge in [-0.05, 0) is 0 Å². The molecule has 0 radical (unpaired) electrons. The van der Waals surface area contributed by atoms with Crippen molar-refractivity contribution in [3.63, 3.8) is 0 Å². The zero-order valence-electron chi connectivity index (χ0n) is 5.74. The number of hydrogen-bond acceptors (Lipinski definition) is 4. The summed E-state index contributed by atoms with van der Waals surface area (Å²) in [7, 11) is 0. The monoisotopic (exact) mass is 161 g/mol. The SMILES string of the molecule is OC1OC[C@H]2ON=C(CF)[C@@H]12. The molecule has 0 aromatic rings. The van der Waals surface area contributed by atoms with Gasteiger partial charge in [0.15, 0.2) is 12.4 Å². The minimum Gasteiger partial charge on any atom is -0.389 e. The van der Waals surface area contributed by atoms with Crippen LogP contribution in [0.25, 0.3) is 0 Å². The summed E-state index contributed by atoms with van der Waals surface area (Å²) in [6, 6.07) is 0. The lowest BCUT2D eigenvalue weighted by molar-refractivity contribution is -0.0714. The highest BCUT2D eigenvalue weighted by atomic mass is 19.1. The molecule has 2 rings (SSSR count). The van der Waals surface area contributed by atoms with E-state index in [1.165, 1.54) is 0 Å². The molecule has 1 unspecified atom stereocenters. The quantitative estimate of drug-likeness (QED) is 0.573. The Bertz CT molecular complexity index is 196. The first-order valence-electron chi connectivity index (χ1n) is 3.41. The first-order valence-corrected chi connectivity index (χ1v) is 3.41. The van der Waals surface area contributed by atoms with E-state index in [1.54, 1.807) is 0 Å². The summed E-state index contributed by atoms with van der Waals surface area (Å²) >= 11 is 0. The summed E-state index contributed by atoms with van der Waals surface area (Å²) in [4.78, 5) is 4.81. The third-order valence-electron chi connectivity index (χ3n) is 1.97. The predicted molar refractivity (Wildman–Crippen MR) is 33.7 cm³/mol. The van der Waals surface area contributed by atoms with Crippen LogP contribution >= 0.6 is 0 Å². The third-order valence-corrected chi connectivity index (χ3v) is 1.97. The second-order valence-corrected chi connectivity index (χ2v) is 2.61. The molecule has 1 saturated heterocycles. The normalized spacial score (nSPS) is 41.6. The van der Waals surface area contributed by atoms with Gasteiger partial charge in [-0.3, -0.25) is 0 Å². The van der Waals surface area contributed by atoms with E-state index in [9.17, 15) is 4.39 Å². The molecule has 0 saturated carbocycles. The summed E-state index contributed by atoms with van der Waals surface area (Å²) in [5.41, 5.74) is 0.250. The lowest BCUT2D eigenvalue weighted by Gasteiger charge is -2.08. The second-order valence-electron chi connectivity index (χ2n) is 2.61. The molecular formula is C6H8FNO3. The Morgan fingerprint density at radius 2 is 2.55 bits per heavy atom. The molecule has 1 N–H and O–H groups in total. The molecule has 0 aliphatic carbocycles. The summed E-state index contributed by atoms with van der Waals surface area (Å²) in [5.74, 6) is -0.389. The van der Waals surface area contributed by atoms with Gasteiger partial charge in [0.25, 0.3) is 0 Å². The molecule has 62 valence electrons. The fraction of sp³-hybridized carbons (Fsp3) is 0.833. The van der Waals surface area contributed by atoms with Gasteiger partial charge in [0.2, 0.25) is 0 Å². The molecule has 2 aliphatic heterocycles. The molecule has 5 heteroatoms. The van der Waals surface area contributed by atoms with Crippen molar-refractivity contribution in [3.05, 3.63) is 0 Å². The van der Waals surface area contributed by atoms with Crippen molar-refractivity contribution in [3.8, 4) is 0 Å². The molecule has 1 fully saturated rings. The maximum absolute atomic E-state index is 12.1. The molecule has 11 heavy (non-hydrogen) atoms. The lowest BCUT2D eigenvalue weighted by Crippen LogP contribution is -2.28. The fourth-order valence-corrected chi connectivity index (χ4v) is 1.37. The zero-order valence-corrected chi connectivity index (χ0v) is 5.74. The molecule has 4 nitrogen and oxygen atoms in total. The van der Waals surface area contributed by atoms with Crippen molar-refractivity contribution in [1.82, 2.24) is 0 Å². The Kier molecular flexibility index (Phi) is 1.54. The minimum atomic E-state index is -0.947. The van der Waals surface area contributed by atoms with Gasteiger partial charge in [0.1, 0.15) is 12.4 Å². The number of nitrogens with zero attached hydrogens (tertiary/aromatic N) is 1. The largest absolute Gasteiger partial charge is 0.389 e. The molecule has 0 amide bonds. The summed E-state index contributed by atoms with van der Waals surface area (Å²) in [6.45, 7) is -0.388. The highest BCUT2D eigenvalue weighted by molar-refractivity contribution is 5.89. The number of rotatable bonds is 1. The molecule has 0 aromatic carbocycles.